The second-order valence-electron chi connectivity index (χ2n) is 4.73. The normalized spacial score (nSPS) is 11.6. The van der Waals surface area contributed by atoms with E-state index in [2.05, 4.69) is 25.0 Å². The molecule has 2 aromatic heterocycles. The Kier molecular flexibility index (Phi) is 4.79. The van der Waals surface area contributed by atoms with Crippen LogP contribution < -0.4 is 10.1 Å². The average molecular weight is 370 g/mol. The molecule has 0 fully saturated rings. The van der Waals surface area contributed by atoms with E-state index in [9.17, 15) is 17.6 Å². The summed E-state index contributed by atoms with van der Waals surface area (Å²) in [4.78, 5) is 13.0. The van der Waals surface area contributed by atoms with E-state index >= 15 is 0 Å². The highest BCUT2D eigenvalue weighted by Crippen LogP contribution is 2.29. The van der Waals surface area contributed by atoms with Crippen molar-refractivity contribution in [1.82, 2.24) is 15.0 Å². The minimum Gasteiger partial charge on any atom is -0.428 e. The van der Waals surface area contributed by atoms with Crippen LogP contribution >= 0.6 is 11.3 Å². The lowest BCUT2D eigenvalue weighted by atomic mass is 10.3. The molecular formula is C15H10F4N4OS. The van der Waals surface area contributed by atoms with Crippen LogP contribution in [0.1, 0.15) is 0 Å². The third-order valence-corrected chi connectivity index (χ3v) is 3.78. The van der Waals surface area contributed by atoms with Gasteiger partial charge in [-0.1, -0.05) is 12.1 Å². The first-order valence-electron chi connectivity index (χ1n) is 6.89. The smallest absolute Gasteiger partial charge is 0.428 e. The van der Waals surface area contributed by atoms with Crippen molar-refractivity contribution in [3.8, 4) is 16.5 Å². The summed E-state index contributed by atoms with van der Waals surface area (Å²) < 4.78 is 54.4. The van der Waals surface area contributed by atoms with E-state index < -0.39 is 18.3 Å². The van der Waals surface area contributed by atoms with Gasteiger partial charge in [-0.25, -0.2) is 9.97 Å². The lowest BCUT2D eigenvalue weighted by Gasteiger charge is -2.17. The summed E-state index contributed by atoms with van der Waals surface area (Å²) in [5.74, 6) is 0.211. The molecule has 25 heavy (non-hydrogen) atoms. The summed E-state index contributed by atoms with van der Waals surface area (Å²) in [5, 5.41) is 4.66. The number of nitrogens with zero attached hydrogens (tertiary/aromatic N) is 3. The summed E-state index contributed by atoms with van der Waals surface area (Å²) in [6.45, 7) is 0. The number of thiophene rings is 1. The van der Waals surface area contributed by atoms with Crippen LogP contribution in [-0.2, 0) is 0 Å². The molecule has 0 unspecified atom stereocenters. The number of ether oxygens (including phenoxy) is 1. The number of nitrogens with one attached hydrogen (secondary N) is 1. The number of benzene rings is 1. The van der Waals surface area contributed by atoms with Gasteiger partial charge in [-0.3, -0.25) is 0 Å². The minimum atomic E-state index is -4.57. The van der Waals surface area contributed by atoms with Gasteiger partial charge in [0.15, 0.2) is 5.82 Å². The summed E-state index contributed by atoms with van der Waals surface area (Å²) in [5.41, 5.74) is 0.297. The highest BCUT2D eigenvalue weighted by Gasteiger charge is 2.43. The van der Waals surface area contributed by atoms with Crippen molar-refractivity contribution < 1.29 is 22.3 Å². The summed E-state index contributed by atoms with van der Waals surface area (Å²) in [6.07, 6.45) is -7.20. The van der Waals surface area contributed by atoms with Gasteiger partial charge in [-0.15, -0.1) is 11.3 Å². The van der Waals surface area contributed by atoms with Crippen molar-refractivity contribution in [1.29, 1.82) is 0 Å². The number of rotatable bonds is 6. The van der Waals surface area contributed by atoms with E-state index in [1.165, 1.54) is 29.8 Å². The molecule has 3 aromatic rings. The molecular weight excluding hydrogens is 360 g/mol. The van der Waals surface area contributed by atoms with E-state index in [0.717, 1.165) is 17.0 Å². The molecule has 130 valence electrons. The van der Waals surface area contributed by atoms with E-state index in [0.29, 0.717) is 11.5 Å². The zero-order chi connectivity index (χ0) is 17.9. The van der Waals surface area contributed by atoms with Crippen LogP contribution in [0.15, 0.2) is 48.1 Å². The molecule has 2 heterocycles. The number of anilines is 2. The van der Waals surface area contributed by atoms with Crippen LogP contribution in [0.5, 0.6) is 5.75 Å². The molecule has 0 aliphatic heterocycles. The van der Waals surface area contributed by atoms with E-state index in [1.54, 1.807) is 0 Å². The van der Waals surface area contributed by atoms with Crippen LogP contribution in [0.2, 0.25) is 0 Å². The van der Waals surface area contributed by atoms with Crippen molar-refractivity contribution in [3.05, 3.63) is 48.1 Å². The van der Waals surface area contributed by atoms with Gasteiger partial charge >= 0.3 is 12.5 Å². The Morgan fingerprint density at radius 1 is 1.12 bits per heavy atom. The summed E-state index contributed by atoms with van der Waals surface area (Å²) >= 11 is 1.45. The van der Waals surface area contributed by atoms with E-state index in [1.807, 2.05) is 17.5 Å². The monoisotopic (exact) mass is 370 g/mol. The van der Waals surface area contributed by atoms with Gasteiger partial charge in [-0.05, 0) is 23.6 Å². The molecule has 0 spiro atoms. The fourth-order valence-corrected chi connectivity index (χ4v) is 2.51. The number of hydrogen-bond donors (Lipinski definition) is 1. The fraction of sp³-hybridized carbons (Fsp3) is 0.133. The first-order valence-corrected chi connectivity index (χ1v) is 7.77. The lowest BCUT2D eigenvalue weighted by Crippen LogP contribution is -2.33. The van der Waals surface area contributed by atoms with Crippen molar-refractivity contribution >= 4 is 23.0 Å². The maximum atomic E-state index is 13.0. The van der Waals surface area contributed by atoms with Gasteiger partial charge in [0.25, 0.3) is 0 Å². The second-order valence-corrected chi connectivity index (χ2v) is 5.68. The Balaban J connectivity index is 1.78. The largest absolute Gasteiger partial charge is 0.461 e. The highest BCUT2D eigenvalue weighted by molar-refractivity contribution is 7.13. The van der Waals surface area contributed by atoms with Gasteiger partial charge in [0, 0.05) is 11.8 Å². The number of hydrogen-bond acceptors (Lipinski definition) is 6. The molecule has 0 aliphatic carbocycles. The lowest BCUT2D eigenvalue weighted by molar-refractivity contribution is -0.253. The van der Waals surface area contributed by atoms with Crippen molar-refractivity contribution in [2.45, 2.75) is 12.5 Å². The van der Waals surface area contributed by atoms with E-state index in [4.69, 9.17) is 0 Å². The molecule has 0 bridgehead atoms. The molecule has 3 rings (SSSR count). The quantitative estimate of drug-likeness (QED) is 0.644. The number of halogens is 4. The van der Waals surface area contributed by atoms with Crippen LogP contribution in [-0.4, -0.2) is 27.5 Å². The Hall–Kier alpha value is -2.75. The molecule has 0 aliphatic rings. The summed E-state index contributed by atoms with van der Waals surface area (Å²) in [7, 11) is 0. The van der Waals surface area contributed by atoms with Gasteiger partial charge in [0.2, 0.25) is 5.95 Å². The third kappa shape index (κ3) is 4.21. The van der Waals surface area contributed by atoms with Crippen LogP contribution in [0.3, 0.4) is 0 Å². The highest BCUT2D eigenvalue weighted by atomic mass is 32.1. The molecule has 0 saturated heterocycles. The van der Waals surface area contributed by atoms with Crippen LogP contribution in [0.4, 0.5) is 29.2 Å². The van der Waals surface area contributed by atoms with Crippen LogP contribution in [0.25, 0.3) is 10.7 Å². The Bertz CT molecular complexity index is 845. The van der Waals surface area contributed by atoms with Crippen LogP contribution in [0, 0.1) is 0 Å². The molecule has 1 N–H and O–H groups in total. The standard InChI is InChI=1S/C15H10F4N4OS/c16-13(17)15(18,19)24-10-4-1-3-9(7-10)22-14-21-8-20-12(23-14)11-5-2-6-25-11/h1-8,13H,(H,20,21,22,23). The minimum absolute atomic E-state index is 0.177. The fourth-order valence-electron chi connectivity index (χ4n) is 1.85. The molecule has 0 radical (unpaired) electrons. The predicted octanol–water partition coefficient (Wildman–Crippen LogP) is 4.58. The van der Waals surface area contributed by atoms with Crippen molar-refractivity contribution in [2.24, 2.45) is 0 Å². The second kappa shape index (κ2) is 7.01. The average Bonchev–Trinajstić information content (AvgIpc) is 3.09. The molecule has 0 saturated carbocycles. The third-order valence-electron chi connectivity index (χ3n) is 2.91. The van der Waals surface area contributed by atoms with Gasteiger partial charge in [0.1, 0.15) is 12.1 Å². The Morgan fingerprint density at radius 3 is 2.68 bits per heavy atom. The molecule has 0 amide bonds. The summed E-state index contributed by atoms with van der Waals surface area (Å²) in [6, 6.07) is 8.88. The van der Waals surface area contributed by atoms with Gasteiger partial charge in [0.05, 0.1) is 4.88 Å². The first kappa shape index (κ1) is 17.1. The predicted molar refractivity (Wildman–Crippen MR) is 84.4 cm³/mol. The number of aromatic nitrogens is 3. The topological polar surface area (TPSA) is 59.9 Å². The molecule has 5 nitrogen and oxygen atoms in total. The molecule has 1 aromatic carbocycles. The van der Waals surface area contributed by atoms with Crippen molar-refractivity contribution in [3.63, 3.8) is 0 Å². The Labute approximate surface area is 143 Å². The van der Waals surface area contributed by atoms with Crippen molar-refractivity contribution in [2.75, 3.05) is 5.32 Å². The van der Waals surface area contributed by atoms with Gasteiger partial charge in [-0.2, -0.15) is 22.5 Å². The zero-order valence-electron chi connectivity index (χ0n) is 12.4. The SMILES string of the molecule is FC(F)C(F)(F)Oc1cccc(Nc2ncnc(-c3cccs3)n2)c1. The van der Waals surface area contributed by atoms with Gasteiger partial charge < -0.3 is 10.1 Å². The number of alkyl halides is 4. The molecule has 10 heteroatoms. The zero-order valence-corrected chi connectivity index (χ0v) is 13.2. The first-order chi connectivity index (χ1) is 11.9. The maximum absolute atomic E-state index is 13.0. The van der Waals surface area contributed by atoms with E-state index in [-0.39, 0.29) is 5.95 Å². The Morgan fingerprint density at radius 2 is 1.96 bits per heavy atom. The maximum Gasteiger partial charge on any atom is 0.461 e. The molecule has 0 atom stereocenters.